The van der Waals surface area contributed by atoms with Crippen LogP contribution in [-0.2, 0) is 6.61 Å². The van der Waals surface area contributed by atoms with E-state index in [1.165, 1.54) is 0 Å². The second-order valence-electron chi connectivity index (χ2n) is 4.49. The summed E-state index contributed by atoms with van der Waals surface area (Å²) in [5, 5.41) is 18.8. The molecular formula is C11H17N3O2. The van der Waals surface area contributed by atoms with E-state index in [1.54, 1.807) is 12.3 Å². The molecule has 1 aromatic heterocycles. The van der Waals surface area contributed by atoms with Gasteiger partial charge in [0.2, 0.25) is 5.95 Å². The first-order valence-electron chi connectivity index (χ1n) is 5.51. The number of piperidine rings is 1. The fourth-order valence-corrected chi connectivity index (χ4v) is 1.81. The molecule has 0 aliphatic carbocycles. The first kappa shape index (κ1) is 11.3. The minimum atomic E-state index is -0.564. The molecule has 0 amide bonds. The Kier molecular flexibility index (Phi) is 3.07. The molecule has 1 saturated heterocycles. The van der Waals surface area contributed by atoms with E-state index >= 15 is 0 Å². The second kappa shape index (κ2) is 4.35. The summed E-state index contributed by atoms with van der Waals surface area (Å²) in [6.07, 6.45) is 3.10. The van der Waals surface area contributed by atoms with Gasteiger partial charge in [-0.05, 0) is 25.8 Å². The summed E-state index contributed by atoms with van der Waals surface area (Å²) in [6, 6.07) is 1.70. The molecular weight excluding hydrogens is 206 g/mol. The Morgan fingerprint density at radius 1 is 1.44 bits per heavy atom. The lowest BCUT2D eigenvalue weighted by molar-refractivity contribution is 0.0348. The van der Waals surface area contributed by atoms with Crippen molar-refractivity contribution in [2.45, 2.75) is 32.0 Å². The summed E-state index contributed by atoms with van der Waals surface area (Å²) in [5.74, 6) is 0.641. The van der Waals surface area contributed by atoms with Gasteiger partial charge in [0.1, 0.15) is 0 Å². The third-order valence-electron chi connectivity index (χ3n) is 2.99. The molecule has 2 heterocycles. The Morgan fingerprint density at radius 3 is 2.75 bits per heavy atom. The summed E-state index contributed by atoms with van der Waals surface area (Å²) >= 11 is 0. The first-order valence-corrected chi connectivity index (χ1v) is 5.51. The number of aliphatic hydroxyl groups excluding tert-OH is 1. The van der Waals surface area contributed by atoms with E-state index < -0.39 is 5.60 Å². The topological polar surface area (TPSA) is 69.5 Å². The van der Waals surface area contributed by atoms with Crippen molar-refractivity contribution in [3.63, 3.8) is 0 Å². The number of hydrogen-bond acceptors (Lipinski definition) is 5. The van der Waals surface area contributed by atoms with Crippen LogP contribution in [0.4, 0.5) is 5.95 Å². The molecule has 88 valence electrons. The van der Waals surface area contributed by atoms with Crippen LogP contribution in [0.1, 0.15) is 25.5 Å². The standard InChI is InChI=1S/C11H17N3O2/c1-11(16)3-6-14(7-4-11)10-12-5-2-9(8-15)13-10/h2,5,15-16H,3-4,6-8H2,1H3. The van der Waals surface area contributed by atoms with E-state index in [2.05, 4.69) is 9.97 Å². The normalized spacial score (nSPS) is 19.8. The zero-order valence-electron chi connectivity index (χ0n) is 9.43. The van der Waals surface area contributed by atoms with Crippen LogP contribution in [0.2, 0.25) is 0 Å². The highest BCUT2D eigenvalue weighted by Crippen LogP contribution is 2.23. The van der Waals surface area contributed by atoms with Crippen LogP contribution in [0.15, 0.2) is 12.3 Å². The van der Waals surface area contributed by atoms with Crippen molar-refractivity contribution >= 4 is 5.95 Å². The van der Waals surface area contributed by atoms with Crippen molar-refractivity contribution < 1.29 is 10.2 Å². The first-order chi connectivity index (χ1) is 7.61. The molecule has 1 aliphatic rings. The molecule has 1 aromatic rings. The van der Waals surface area contributed by atoms with Gasteiger partial charge >= 0.3 is 0 Å². The predicted octanol–water partition coefficient (Wildman–Crippen LogP) is 0.320. The number of aliphatic hydroxyl groups is 2. The smallest absolute Gasteiger partial charge is 0.225 e. The Bertz CT molecular complexity index is 358. The summed E-state index contributed by atoms with van der Waals surface area (Å²) in [7, 11) is 0. The summed E-state index contributed by atoms with van der Waals surface area (Å²) in [6.45, 7) is 3.29. The third kappa shape index (κ3) is 2.48. The zero-order chi connectivity index (χ0) is 11.6. The van der Waals surface area contributed by atoms with Gasteiger partial charge in [-0.1, -0.05) is 0 Å². The minimum absolute atomic E-state index is 0.0684. The van der Waals surface area contributed by atoms with Crippen LogP contribution in [-0.4, -0.2) is 38.9 Å². The fourth-order valence-electron chi connectivity index (χ4n) is 1.81. The zero-order valence-corrected chi connectivity index (χ0v) is 9.43. The molecule has 0 bridgehead atoms. The van der Waals surface area contributed by atoms with Gasteiger partial charge in [0, 0.05) is 19.3 Å². The highest BCUT2D eigenvalue weighted by molar-refractivity contribution is 5.31. The maximum absolute atomic E-state index is 9.83. The highest BCUT2D eigenvalue weighted by Gasteiger charge is 2.28. The van der Waals surface area contributed by atoms with E-state index in [4.69, 9.17) is 5.11 Å². The molecule has 0 atom stereocenters. The van der Waals surface area contributed by atoms with Crippen LogP contribution in [0.25, 0.3) is 0 Å². The second-order valence-corrected chi connectivity index (χ2v) is 4.49. The van der Waals surface area contributed by atoms with Gasteiger partial charge in [-0.2, -0.15) is 0 Å². The molecule has 0 radical (unpaired) electrons. The quantitative estimate of drug-likeness (QED) is 0.755. The van der Waals surface area contributed by atoms with Gasteiger partial charge in [-0.3, -0.25) is 0 Å². The van der Waals surface area contributed by atoms with E-state index in [0.29, 0.717) is 11.6 Å². The number of hydrogen-bond donors (Lipinski definition) is 2. The molecule has 1 fully saturated rings. The lowest BCUT2D eigenvalue weighted by atomic mass is 9.94. The van der Waals surface area contributed by atoms with Crippen molar-refractivity contribution in [1.29, 1.82) is 0 Å². The van der Waals surface area contributed by atoms with Crippen molar-refractivity contribution in [1.82, 2.24) is 9.97 Å². The van der Waals surface area contributed by atoms with Gasteiger partial charge in [0.25, 0.3) is 0 Å². The molecule has 16 heavy (non-hydrogen) atoms. The van der Waals surface area contributed by atoms with Crippen LogP contribution < -0.4 is 4.90 Å². The summed E-state index contributed by atoms with van der Waals surface area (Å²) in [4.78, 5) is 10.5. The Labute approximate surface area is 94.8 Å². The molecule has 0 aromatic carbocycles. The summed E-state index contributed by atoms with van der Waals surface area (Å²) < 4.78 is 0. The van der Waals surface area contributed by atoms with Gasteiger partial charge in [0.05, 0.1) is 17.9 Å². The lowest BCUT2D eigenvalue weighted by Gasteiger charge is -2.35. The van der Waals surface area contributed by atoms with Crippen LogP contribution in [0.5, 0.6) is 0 Å². The molecule has 2 N–H and O–H groups in total. The molecule has 0 spiro atoms. The van der Waals surface area contributed by atoms with Gasteiger partial charge in [0.15, 0.2) is 0 Å². The largest absolute Gasteiger partial charge is 0.390 e. The fraction of sp³-hybridized carbons (Fsp3) is 0.636. The molecule has 5 nitrogen and oxygen atoms in total. The van der Waals surface area contributed by atoms with Crippen LogP contribution >= 0.6 is 0 Å². The average Bonchev–Trinajstić information content (AvgIpc) is 2.29. The third-order valence-corrected chi connectivity index (χ3v) is 2.99. The van der Waals surface area contributed by atoms with Gasteiger partial charge in [-0.15, -0.1) is 0 Å². The van der Waals surface area contributed by atoms with Gasteiger partial charge < -0.3 is 15.1 Å². The molecule has 2 rings (SSSR count). The van der Waals surface area contributed by atoms with Crippen molar-refractivity contribution in [2.75, 3.05) is 18.0 Å². The highest BCUT2D eigenvalue weighted by atomic mass is 16.3. The predicted molar refractivity (Wildman–Crippen MR) is 60.0 cm³/mol. The monoisotopic (exact) mass is 223 g/mol. The van der Waals surface area contributed by atoms with Crippen molar-refractivity contribution in [2.24, 2.45) is 0 Å². The Balaban J connectivity index is 2.08. The van der Waals surface area contributed by atoms with E-state index in [9.17, 15) is 5.11 Å². The summed E-state index contributed by atoms with van der Waals surface area (Å²) in [5.41, 5.74) is 0.0628. The minimum Gasteiger partial charge on any atom is -0.390 e. The molecule has 5 heteroatoms. The molecule has 0 unspecified atom stereocenters. The number of nitrogens with zero attached hydrogens (tertiary/aromatic N) is 3. The lowest BCUT2D eigenvalue weighted by Crippen LogP contribution is -2.43. The Morgan fingerprint density at radius 2 is 2.12 bits per heavy atom. The van der Waals surface area contributed by atoms with E-state index in [1.807, 2.05) is 11.8 Å². The molecule has 1 aliphatic heterocycles. The Hall–Kier alpha value is -1.20. The SMILES string of the molecule is CC1(O)CCN(c2nccc(CO)n2)CC1. The van der Waals surface area contributed by atoms with E-state index in [0.717, 1.165) is 25.9 Å². The molecule has 0 saturated carbocycles. The van der Waals surface area contributed by atoms with Crippen LogP contribution in [0, 0.1) is 0 Å². The number of rotatable bonds is 2. The average molecular weight is 223 g/mol. The van der Waals surface area contributed by atoms with E-state index in [-0.39, 0.29) is 6.61 Å². The van der Waals surface area contributed by atoms with Crippen molar-refractivity contribution in [3.05, 3.63) is 18.0 Å². The maximum Gasteiger partial charge on any atom is 0.225 e. The van der Waals surface area contributed by atoms with Gasteiger partial charge in [-0.25, -0.2) is 9.97 Å². The van der Waals surface area contributed by atoms with Crippen LogP contribution in [0.3, 0.4) is 0 Å². The number of anilines is 1. The van der Waals surface area contributed by atoms with Crippen molar-refractivity contribution in [3.8, 4) is 0 Å². The maximum atomic E-state index is 9.83. The number of aromatic nitrogens is 2.